The largest absolute Gasteiger partial charge is 0.316 e. The average molecular weight is 172 g/mol. The Kier molecular flexibility index (Phi) is 2.61. The van der Waals surface area contributed by atoms with E-state index in [1.807, 2.05) is 0 Å². The normalized spacial score (nSPS) is 37.8. The molecule has 0 saturated carbocycles. The molecular weight excluding hydrogens is 155 g/mol. The molecule has 2 nitrogen and oxygen atoms in total. The van der Waals surface area contributed by atoms with Crippen LogP contribution in [0, 0.1) is 5.92 Å². The number of nitrogens with zero attached hydrogens (tertiary/aromatic N) is 1. The van der Waals surface area contributed by atoms with Crippen LogP contribution in [0.1, 0.15) is 25.7 Å². The average Bonchev–Trinajstić information content (AvgIpc) is 2.65. The summed E-state index contributed by atoms with van der Waals surface area (Å²) >= 11 is 0. The molecule has 2 fully saturated rings. The number of hydrogen-bond donors (Lipinski definition) is 1. The third kappa shape index (κ3) is 1.77. The highest BCUT2D eigenvalue weighted by molar-refractivity contribution is 4.80. The predicted molar refractivity (Wildman–Crippen MR) is 46.4 cm³/mol. The van der Waals surface area contributed by atoms with Crippen LogP contribution in [0.15, 0.2) is 0 Å². The number of rotatable bonds is 2. The van der Waals surface area contributed by atoms with Crippen LogP contribution in [0.4, 0.5) is 4.48 Å². The van der Waals surface area contributed by atoms with E-state index in [1.165, 1.54) is 6.42 Å². The molecule has 2 saturated heterocycles. The maximum absolute atomic E-state index is 13.1. The van der Waals surface area contributed by atoms with Crippen LogP contribution in [0.2, 0.25) is 0 Å². The highest BCUT2D eigenvalue weighted by atomic mass is 19.2. The van der Waals surface area contributed by atoms with Gasteiger partial charge in [0.1, 0.15) is 0 Å². The minimum Gasteiger partial charge on any atom is -0.316 e. The standard InChI is InChI=1S/C9H17FN2/c10-12-5-1-2-9(12)6-8-3-4-11-7-8/h8-9,11H,1-7H2/t8-,9-/m0/s1. The summed E-state index contributed by atoms with van der Waals surface area (Å²) in [7, 11) is 0. The van der Waals surface area contributed by atoms with Crippen molar-refractivity contribution in [3.63, 3.8) is 0 Å². The molecule has 0 aromatic rings. The quantitative estimate of drug-likeness (QED) is 0.632. The molecule has 2 aliphatic rings. The number of halogens is 1. The van der Waals surface area contributed by atoms with Crippen molar-refractivity contribution in [2.45, 2.75) is 31.7 Å². The van der Waals surface area contributed by atoms with Gasteiger partial charge < -0.3 is 5.32 Å². The second kappa shape index (κ2) is 3.71. The molecule has 0 bridgehead atoms. The highest BCUT2D eigenvalue weighted by Crippen LogP contribution is 2.25. The van der Waals surface area contributed by atoms with Crippen LogP contribution in [0.3, 0.4) is 0 Å². The SMILES string of the molecule is FN1CCC[C@H]1C[C@@H]1CCNC1. The van der Waals surface area contributed by atoms with Crippen molar-refractivity contribution in [2.75, 3.05) is 19.6 Å². The smallest absolute Gasteiger partial charge is 0.0406 e. The van der Waals surface area contributed by atoms with Crippen LogP contribution in [-0.2, 0) is 0 Å². The van der Waals surface area contributed by atoms with E-state index in [9.17, 15) is 4.48 Å². The Bertz CT molecular complexity index is 145. The third-order valence-corrected chi connectivity index (χ3v) is 3.07. The van der Waals surface area contributed by atoms with Crippen molar-refractivity contribution in [1.29, 1.82) is 0 Å². The first kappa shape index (κ1) is 8.45. The van der Waals surface area contributed by atoms with Crippen molar-refractivity contribution in [3.05, 3.63) is 0 Å². The Labute approximate surface area is 73.1 Å². The van der Waals surface area contributed by atoms with E-state index < -0.39 is 0 Å². The molecule has 0 radical (unpaired) electrons. The first-order valence-corrected chi connectivity index (χ1v) is 4.99. The maximum atomic E-state index is 13.1. The first-order valence-electron chi connectivity index (χ1n) is 4.99. The lowest BCUT2D eigenvalue weighted by Gasteiger charge is -2.18. The molecule has 2 heterocycles. The Morgan fingerprint density at radius 1 is 1.42 bits per heavy atom. The maximum Gasteiger partial charge on any atom is 0.0406 e. The summed E-state index contributed by atoms with van der Waals surface area (Å²) in [5.41, 5.74) is 0. The van der Waals surface area contributed by atoms with Crippen LogP contribution in [0.25, 0.3) is 0 Å². The van der Waals surface area contributed by atoms with Gasteiger partial charge in [0, 0.05) is 12.6 Å². The van der Waals surface area contributed by atoms with E-state index in [1.54, 1.807) is 0 Å². The Balaban J connectivity index is 1.77. The van der Waals surface area contributed by atoms with Gasteiger partial charge in [-0.1, -0.05) is 0 Å². The molecule has 1 N–H and O–H groups in total. The minimum atomic E-state index is 0.231. The topological polar surface area (TPSA) is 15.3 Å². The zero-order chi connectivity index (χ0) is 8.39. The molecule has 0 aromatic heterocycles. The van der Waals surface area contributed by atoms with Crippen LogP contribution in [0.5, 0.6) is 0 Å². The summed E-state index contributed by atoms with van der Waals surface area (Å²) in [6.45, 7) is 2.89. The molecule has 0 aromatic carbocycles. The fraction of sp³-hybridized carbons (Fsp3) is 1.00. The molecule has 0 spiro atoms. The van der Waals surface area contributed by atoms with E-state index in [-0.39, 0.29) is 6.04 Å². The lowest BCUT2D eigenvalue weighted by atomic mass is 9.98. The molecule has 0 amide bonds. The van der Waals surface area contributed by atoms with Gasteiger partial charge in [-0.05, 0) is 44.7 Å². The van der Waals surface area contributed by atoms with Crippen molar-refractivity contribution in [1.82, 2.24) is 10.4 Å². The van der Waals surface area contributed by atoms with Gasteiger partial charge in [0.05, 0.1) is 0 Å². The molecule has 2 atom stereocenters. The van der Waals surface area contributed by atoms with Crippen molar-refractivity contribution >= 4 is 0 Å². The van der Waals surface area contributed by atoms with Gasteiger partial charge in [-0.25, -0.2) is 0 Å². The van der Waals surface area contributed by atoms with Crippen molar-refractivity contribution < 1.29 is 4.48 Å². The first-order chi connectivity index (χ1) is 5.86. The second-order valence-corrected chi connectivity index (χ2v) is 4.01. The van der Waals surface area contributed by atoms with E-state index >= 15 is 0 Å². The van der Waals surface area contributed by atoms with Gasteiger partial charge in [-0.2, -0.15) is 0 Å². The fourth-order valence-corrected chi connectivity index (χ4v) is 2.33. The van der Waals surface area contributed by atoms with Gasteiger partial charge in [0.2, 0.25) is 0 Å². The summed E-state index contributed by atoms with van der Waals surface area (Å²) in [6.07, 6.45) is 4.40. The minimum absolute atomic E-state index is 0.231. The zero-order valence-corrected chi connectivity index (χ0v) is 7.43. The molecular formula is C9H17FN2. The zero-order valence-electron chi connectivity index (χ0n) is 7.43. The van der Waals surface area contributed by atoms with Gasteiger partial charge in [-0.3, -0.25) is 0 Å². The molecule has 3 heteroatoms. The molecule has 0 unspecified atom stereocenters. The number of nitrogens with one attached hydrogen (secondary N) is 1. The molecule has 70 valence electrons. The summed E-state index contributed by atoms with van der Waals surface area (Å²) in [5, 5.41) is 4.36. The summed E-state index contributed by atoms with van der Waals surface area (Å²) in [4.78, 5) is 0. The van der Waals surface area contributed by atoms with Gasteiger partial charge in [0.15, 0.2) is 0 Å². The second-order valence-electron chi connectivity index (χ2n) is 4.01. The van der Waals surface area contributed by atoms with Gasteiger partial charge >= 0.3 is 0 Å². The number of hydrogen-bond acceptors (Lipinski definition) is 2. The highest BCUT2D eigenvalue weighted by Gasteiger charge is 2.28. The Hall–Kier alpha value is -0.150. The molecule has 0 aliphatic carbocycles. The van der Waals surface area contributed by atoms with Crippen LogP contribution in [-0.4, -0.2) is 30.8 Å². The van der Waals surface area contributed by atoms with E-state index in [0.717, 1.165) is 43.4 Å². The van der Waals surface area contributed by atoms with Crippen molar-refractivity contribution in [2.24, 2.45) is 5.92 Å². The Morgan fingerprint density at radius 2 is 2.33 bits per heavy atom. The van der Waals surface area contributed by atoms with Crippen LogP contribution >= 0.6 is 0 Å². The van der Waals surface area contributed by atoms with Crippen LogP contribution < -0.4 is 5.32 Å². The summed E-state index contributed by atoms with van der Waals surface area (Å²) < 4.78 is 13.1. The van der Waals surface area contributed by atoms with Gasteiger partial charge in [-0.15, -0.1) is 9.60 Å². The van der Waals surface area contributed by atoms with E-state index in [2.05, 4.69) is 5.32 Å². The summed E-state index contributed by atoms with van der Waals surface area (Å²) in [5.74, 6) is 0.728. The predicted octanol–water partition coefficient (Wildman–Crippen LogP) is 1.33. The summed E-state index contributed by atoms with van der Waals surface area (Å²) in [6, 6.07) is 0.231. The fourth-order valence-electron chi connectivity index (χ4n) is 2.33. The molecule has 2 aliphatic heterocycles. The lowest BCUT2D eigenvalue weighted by molar-refractivity contribution is 0.00270. The van der Waals surface area contributed by atoms with E-state index in [0.29, 0.717) is 6.54 Å². The monoisotopic (exact) mass is 172 g/mol. The molecule has 2 rings (SSSR count). The lowest BCUT2D eigenvalue weighted by Crippen LogP contribution is -2.24. The molecule has 12 heavy (non-hydrogen) atoms. The third-order valence-electron chi connectivity index (χ3n) is 3.07. The van der Waals surface area contributed by atoms with E-state index in [4.69, 9.17) is 0 Å². The Morgan fingerprint density at radius 3 is 2.92 bits per heavy atom. The van der Waals surface area contributed by atoms with Gasteiger partial charge in [0.25, 0.3) is 0 Å². The van der Waals surface area contributed by atoms with Crippen molar-refractivity contribution in [3.8, 4) is 0 Å².